The number of aromatic nitrogens is 3. The van der Waals surface area contributed by atoms with Crippen molar-refractivity contribution in [3.63, 3.8) is 0 Å². The summed E-state index contributed by atoms with van der Waals surface area (Å²) in [6.45, 7) is 1.86. The van der Waals surface area contributed by atoms with Gasteiger partial charge in [-0.3, -0.25) is 9.67 Å². The van der Waals surface area contributed by atoms with Gasteiger partial charge >= 0.3 is 0 Å². The topological polar surface area (TPSA) is 42.7 Å². The molecule has 4 nitrogen and oxygen atoms in total. The molecule has 0 bridgehead atoms. The Morgan fingerprint density at radius 3 is 3.06 bits per heavy atom. The maximum Gasteiger partial charge on any atom is 0.0625 e. The Morgan fingerprint density at radius 1 is 1.41 bits per heavy atom. The second-order valence-electron chi connectivity index (χ2n) is 3.74. The van der Waals surface area contributed by atoms with Crippen LogP contribution in [0, 0.1) is 0 Å². The van der Waals surface area contributed by atoms with E-state index in [-0.39, 0.29) is 0 Å². The SMILES string of the molecule is Cn1cc(SCCNCc2cccnc2)cn1. The highest BCUT2D eigenvalue weighted by Crippen LogP contribution is 2.15. The molecule has 0 spiro atoms. The molecular formula is C12H16N4S. The lowest BCUT2D eigenvalue weighted by molar-refractivity contribution is 0.729. The van der Waals surface area contributed by atoms with Gasteiger partial charge < -0.3 is 5.32 Å². The fraction of sp³-hybridized carbons (Fsp3) is 0.333. The Morgan fingerprint density at radius 2 is 2.35 bits per heavy atom. The summed E-state index contributed by atoms with van der Waals surface area (Å²) < 4.78 is 1.82. The molecule has 2 aromatic heterocycles. The molecule has 0 aliphatic rings. The number of hydrogen-bond donors (Lipinski definition) is 1. The predicted molar refractivity (Wildman–Crippen MR) is 69.9 cm³/mol. The number of pyridine rings is 1. The monoisotopic (exact) mass is 248 g/mol. The molecule has 0 aliphatic carbocycles. The normalized spacial score (nSPS) is 10.6. The maximum atomic E-state index is 4.13. The van der Waals surface area contributed by atoms with Crippen molar-refractivity contribution in [3.05, 3.63) is 42.5 Å². The fourth-order valence-electron chi connectivity index (χ4n) is 1.45. The van der Waals surface area contributed by atoms with Crippen molar-refractivity contribution in [2.75, 3.05) is 12.3 Å². The van der Waals surface area contributed by atoms with E-state index in [9.17, 15) is 0 Å². The molecule has 90 valence electrons. The quantitative estimate of drug-likeness (QED) is 0.624. The Hall–Kier alpha value is -1.33. The Labute approximate surface area is 105 Å². The van der Waals surface area contributed by atoms with Crippen molar-refractivity contribution in [1.29, 1.82) is 0 Å². The van der Waals surface area contributed by atoms with Gasteiger partial charge in [-0.05, 0) is 11.6 Å². The fourth-order valence-corrected chi connectivity index (χ4v) is 2.28. The molecule has 2 rings (SSSR count). The minimum atomic E-state index is 0.876. The van der Waals surface area contributed by atoms with Crippen LogP contribution in [0.3, 0.4) is 0 Å². The average molecular weight is 248 g/mol. The van der Waals surface area contributed by atoms with Gasteiger partial charge in [-0.25, -0.2) is 0 Å². The van der Waals surface area contributed by atoms with E-state index in [2.05, 4.69) is 21.5 Å². The van der Waals surface area contributed by atoms with E-state index in [4.69, 9.17) is 0 Å². The van der Waals surface area contributed by atoms with Gasteiger partial charge in [-0.2, -0.15) is 5.10 Å². The van der Waals surface area contributed by atoms with Crippen LogP contribution < -0.4 is 5.32 Å². The summed E-state index contributed by atoms with van der Waals surface area (Å²) in [7, 11) is 1.94. The third-order valence-corrected chi connectivity index (χ3v) is 3.23. The van der Waals surface area contributed by atoms with E-state index in [1.165, 1.54) is 10.5 Å². The molecule has 0 fully saturated rings. The van der Waals surface area contributed by atoms with Crippen LogP contribution in [0.25, 0.3) is 0 Å². The van der Waals surface area contributed by atoms with Gasteiger partial charge in [-0.15, -0.1) is 11.8 Å². The lowest BCUT2D eigenvalue weighted by Crippen LogP contribution is -2.16. The maximum absolute atomic E-state index is 4.13. The van der Waals surface area contributed by atoms with Crippen LogP contribution >= 0.6 is 11.8 Å². The molecule has 2 heterocycles. The van der Waals surface area contributed by atoms with Crippen LogP contribution in [0.15, 0.2) is 41.8 Å². The highest BCUT2D eigenvalue weighted by atomic mass is 32.2. The van der Waals surface area contributed by atoms with E-state index >= 15 is 0 Å². The van der Waals surface area contributed by atoms with Gasteiger partial charge in [-0.1, -0.05) is 6.07 Å². The van der Waals surface area contributed by atoms with E-state index < -0.39 is 0 Å². The smallest absolute Gasteiger partial charge is 0.0625 e. The highest BCUT2D eigenvalue weighted by Gasteiger charge is 1.96. The van der Waals surface area contributed by atoms with Crippen molar-refractivity contribution in [2.45, 2.75) is 11.4 Å². The van der Waals surface area contributed by atoms with Crippen LogP contribution in [0.2, 0.25) is 0 Å². The van der Waals surface area contributed by atoms with E-state index in [1.807, 2.05) is 48.1 Å². The van der Waals surface area contributed by atoms with Gasteiger partial charge in [0.25, 0.3) is 0 Å². The van der Waals surface area contributed by atoms with Gasteiger partial charge in [0.2, 0.25) is 0 Å². The van der Waals surface area contributed by atoms with E-state index in [0.29, 0.717) is 0 Å². The van der Waals surface area contributed by atoms with Crippen LogP contribution in [0.5, 0.6) is 0 Å². The van der Waals surface area contributed by atoms with Crippen molar-refractivity contribution in [1.82, 2.24) is 20.1 Å². The molecule has 0 aromatic carbocycles. The van der Waals surface area contributed by atoms with Gasteiger partial charge in [0.1, 0.15) is 0 Å². The summed E-state index contributed by atoms with van der Waals surface area (Å²) in [5.74, 6) is 1.05. The van der Waals surface area contributed by atoms with Gasteiger partial charge in [0, 0.05) is 49.4 Å². The summed E-state index contributed by atoms with van der Waals surface area (Å²) in [5, 5.41) is 7.52. The first kappa shape index (κ1) is 12.1. The first-order valence-corrected chi connectivity index (χ1v) is 6.54. The zero-order valence-corrected chi connectivity index (χ0v) is 10.7. The summed E-state index contributed by atoms with van der Waals surface area (Å²) >= 11 is 1.81. The lowest BCUT2D eigenvalue weighted by atomic mass is 10.3. The van der Waals surface area contributed by atoms with Crippen molar-refractivity contribution in [3.8, 4) is 0 Å². The summed E-state index contributed by atoms with van der Waals surface area (Å²) in [4.78, 5) is 5.30. The molecule has 1 N–H and O–H groups in total. The Kier molecular flexibility index (Phi) is 4.58. The molecule has 0 saturated carbocycles. The minimum Gasteiger partial charge on any atom is -0.312 e. The number of aryl methyl sites for hydroxylation is 1. The number of thioether (sulfide) groups is 1. The summed E-state index contributed by atoms with van der Waals surface area (Å²) in [6, 6.07) is 4.04. The molecular weight excluding hydrogens is 232 g/mol. The third kappa shape index (κ3) is 4.20. The van der Waals surface area contributed by atoms with E-state index in [0.717, 1.165) is 18.8 Å². The highest BCUT2D eigenvalue weighted by molar-refractivity contribution is 7.99. The molecule has 5 heteroatoms. The molecule has 2 aromatic rings. The van der Waals surface area contributed by atoms with Crippen LogP contribution in [0.4, 0.5) is 0 Å². The molecule has 0 atom stereocenters. The molecule has 0 radical (unpaired) electrons. The molecule has 0 aliphatic heterocycles. The standard InChI is InChI=1S/C12H16N4S/c1-16-10-12(9-15-16)17-6-5-14-8-11-3-2-4-13-7-11/h2-4,7,9-10,14H,5-6,8H2,1H3. The zero-order valence-electron chi connectivity index (χ0n) is 9.84. The third-order valence-electron chi connectivity index (χ3n) is 2.28. The van der Waals surface area contributed by atoms with Gasteiger partial charge in [0.15, 0.2) is 0 Å². The minimum absolute atomic E-state index is 0.876. The second kappa shape index (κ2) is 6.42. The molecule has 0 unspecified atom stereocenters. The second-order valence-corrected chi connectivity index (χ2v) is 4.90. The van der Waals surface area contributed by atoms with Crippen LogP contribution in [-0.4, -0.2) is 27.1 Å². The van der Waals surface area contributed by atoms with Crippen LogP contribution in [0.1, 0.15) is 5.56 Å². The van der Waals surface area contributed by atoms with Gasteiger partial charge in [0.05, 0.1) is 6.20 Å². The average Bonchev–Trinajstić information content (AvgIpc) is 2.76. The molecule has 17 heavy (non-hydrogen) atoms. The summed E-state index contributed by atoms with van der Waals surface area (Å²) in [5.41, 5.74) is 1.22. The first-order chi connectivity index (χ1) is 8.34. The van der Waals surface area contributed by atoms with Crippen molar-refractivity contribution < 1.29 is 0 Å². The largest absolute Gasteiger partial charge is 0.312 e. The lowest BCUT2D eigenvalue weighted by Gasteiger charge is -2.03. The number of nitrogens with one attached hydrogen (secondary N) is 1. The number of rotatable bonds is 6. The molecule has 0 amide bonds. The number of hydrogen-bond acceptors (Lipinski definition) is 4. The number of nitrogens with zero attached hydrogens (tertiary/aromatic N) is 3. The van der Waals surface area contributed by atoms with Crippen LogP contribution in [-0.2, 0) is 13.6 Å². The first-order valence-electron chi connectivity index (χ1n) is 5.55. The summed E-state index contributed by atoms with van der Waals surface area (Å²) in [6.07, 6.45) is 7.61. The van der Waals surface area contributed by atoms with Crippen molar-refractivity contribution in [2.24, 2.45) is 7.05 Å². The predicted octanol–water partition coefficient (Wildman–Crippen LogP) is 1.70. The van der Waals surface area contributed by atoms with E-state index in [1.54, 1.807) is 6.20 Å². The molecule has 0 saturated heterocycles. The Bertz CT molecular complexity index is 441. The zero-order chi connectivity index (χ0) is 11.9. The van der Waals surface area contributed by atoms with Crippen molar-refractivity contribution >= 4 is 11.8 Å². The Balaban J connectivity index is 1.61.